The zero-order valence-electron chi connectivity index (χ0n) is 12.2. The van der Waals surface area contributed by atoms with Gasteiger partial charge in [0, 0.05) is 25.0 Å². The SMILES string of the molecule is Cc1ccccc1CCn1ccnc1NC1CCCC1. The average molecular weight is 269 g/mol. The molecule has 1 saturated carbocycles. The first-order chi connectivity index (χ1) is 9.83. The van der Waals surface area contributed by atoms with E-state index in [4.69, 9.17) is 0 Å². The summed E-state index contributed by atoms with van der Waals surface area (Å²) >= 11 is 0. The van der Waals surface area contributed by atoms with Crippen molar-refractivity contribution in [1.29, 1.82) is 0 Å². The molecule has 1 fully saturated rings. The van der Waals surface area contributed by atoms with Crippen molar-refractivity contribution in [3.05, 3.63) is 47.8 Å². The number of aryl methyl sites for hydroxylation is 3. The lowest BCUT2D eigenvalue weighted by Gasteiger charge is -2.15. The molecule has 3 heteroatoms. The van der Waals surface area contributed by atoms with E-state index in [0.717, 1.165) is 18.9 Å². The number of imidazole rings is 1. The minimum absolute atomic E-state index is 0.620. The standard InChI is InChI=1S/C17H23N3/c1-14-6-2-3-7-15(14)10-12-20-13-11-18-17(20)19-16-8-4-5-9-16/h2-3,6-7,11,13,16H,4-5,8-10,12H2,1H3,(H,18,19). The summed E-state index contributed by atoms with van der Waals surface area (Å²) in [7, 11) is 0. The molecule has 0 spiro atoms. The molecule has 0 unspecified atom stereocenters. The van der Waals surface area contributed by atoms with Crippen LogP contribution in [-0.2, 0) is 13.0 Å². The Labute approximate surface area is 121 Å². The van der Waals surface area contributed by atoms with Crippen LogP contribution < -0.4 is 5.32 Å². The highest BCUT2D eigenvalue weighted by Gasteiger charge is 2.16. The molecular weight excluding hydrogens is 246 g/mol. The van der Waals surface area contributed by atoms with E-state index in [1.54, 1.807) is 0 Å². The van der Waals surface area contributed by atoms with Crippen molar-refractivity contribution in [2.24, 2.45) is 0 Å². The van der Waals surface area contributed by atoms with Crippen LogP contribution in [0.15, 0.2) is 36.7 Å². The van der Waals surface area contributed by atoms with Crippen molar-refractivity contribution in [3.8, 4) is 0 Å². The van der Waals surface area contributed by atoms with Crippen LogP contribution in [0.1, 0.15) is 36.8 Å². The van der Waals surface area contributed by atoms with Crippen LogP contribution in [-0.4, -0.2) is 15.6 Å². The maximum atomic E-state index is 4.47. The largest absolute Gasteiger partial charge is 0.353 e. The summed E-state index contributed by atoms with van der Waals surface area (Å²) in [5.41, 5.74) is 2.80. The van der Waals surface area contributed by atoms with E-state index in [2.05, 4.69) is 52.3 Å². The Kier molecular flexibility index (Phi) is 4.05. The third-order valence-corrected chi connectivity index (χ3v) is 4.29. The Morgan fingerprint density at radius 1 is 1.25 bits per heavy atom. The van der Waals surface area contributed by atoms with Gasteiger partial charge in [0.1, 0.15) is 0 Å². The maximum absolute atomic E-state index is 4.47. The Balaban J connectivity index is 1.63. The molecule has 0 amide bonds. The second-order valence-corrected chi connectivity index (χ2v) is 5.75. The number of hydrogen-bond acceptors (Lipinski definition) is 2. The smallest absolute Gasteiger partial charge is 0.202 e. The number of nitrogens with zero attached hydrogens (tertiary/aromatic N) is 2. The van der Waals surface area contributed by atoms with Gasteiger partial charge in [0.25, 0.3) is 0 Å². The van der Waals surface area contributed by atoms with Gasteiger partial charge < -0.3 is 9.88 Å². The number of hydrogen-bond donors (Lipinski definition) is 1. The zero-order chi connectivity index (χ0) is 13.8. The highest BCUT2D eigenvalue weighted by Crippen LogP contribution is 2.21. The molecule has 2 aromatic rings. The lowest BCUT2D eigenvalue weighted by molar-refractivity contribution is 0.673. The summed E-state index contributed by atoms with van der Waals surface area (Å²) in [6.45, 7) is 3.17. The van der Waals surface area contributed by atoms with Gasteiger partial charge in [-0.1, -0.05) is 37.1 Å². The number of nitrogens with one attached hydrogen (secondary N) is 1. The lowest BCUT2D eigenvalue weighted by Crippen LogP contribution is -2.18. The summed E-state index contributed by atoms with van der Waals surface area (Å²) < 4.78 is 2.24. The van der Waals surface area contributed by atoms with E-state index in [-0.39, 0.29) is 0 Å². The van der Waals surface area contributed by atoms with Crippen molar-refractivity contribution in [3.63, 3.8) is 0 Å². The Morgan fingerprint density at radius 2 is 2.05 bits per heavy atom. The van der Waals surface area contributed by atoms with Gasteiger partial charge >= 0.3 is 0 Å². The van der Waals surface area contributed by atoms with E-state index in [1.807, 2.05) is 6.20 Å². The van der Waals surface area contributed by atoms with Crippen LogP contribution >= 0.6 is 0 Å². The predicted octanol–water partition coefficient (Wildman–Crippen LogP) is 3.79. The van der Waals surface area contributed by atoms with Gasteiger partial charge in [0.05, 0.1) is 0 Å². The van der Waals surface area contributed by atoms with E-state index in [9.17, 15) is 0 Å². The minimum Gasteiger partial charge on any atom is -0.353 e. The molecule has 1 aliphatic rings. The average Bonchev–Trinajstić information content (AvgIpc) is 3.10. The van der Waals surface area contributed by atoms with Crippen LogP contribution in [0.4, 0.5) is 5.95 Å². The highest BCUT2D eigenvalue weighted by molar-refractivity contribution is 5.29. The normalized spacial score (nSPS) is 15.7. The number of anilines is 1. The van der Waals surface area contributed by atoms with Gasteiger partial charge in [0.2, 0.25) is 5.95 Å². The number of rotatable bonds is 5. The fourth-order valence-corrected chi connectivity index (χ4v) is 3.01. The van der Waals surface area contributed by atoms with Crippen molar-refractivity contribution < 1.29 is 0 Å². The minimum atomic E-state index is 0.620. The van der Waals surface area contributed by atoms with Crippen LogP contribution in [0.2, 0.25) is 0 Å². The van der Waals surface area contributed by atoms with E-state index >= 15 is 0 Å². The number of benzene rings is 1. The summed E-state index contributed by atoms with van der Waals surface area (Å²) in [4.78, 5) is 4.47. The molecule has 0 atom stereocenters. The summed E-state index contributed by atoms with van der Waals surface area (Å²) in [6.07, 6.45) is 10.3. The van der Waals surface area contributed by atoms with E-state index in [0.29, 0.717) is 6.04 Å². The van der Waals surface area contributed by atoms with Crippen molar-refractivity contribution in [2.45, 2.75) is 51.6 Å². The third-order valence-electron chi connectivity index (χ3n) is 4.29. The van der Waals surface area contributed by atoms with Gasteiger partial charge in [-0.05, 0) is 37.3 Å². The lowest BCUT2D eigenvalue weighted by atomic mass is 10.1. The molecule has 106 valence electrons. The topological polar surface area (TPSA) is 29.9 Å². The molecule has 1 aromatic heterocycles. The Hall–Kier alpha value is -1.77. The fraction of sp³-hybridized carbons (Fsp3) is 0.471. The summed E-state index contributed by atoms with van der Waals surface area (Å²) in [5.74, 6) is 1.03. The van der Waals surface area contributed by atoms with Crippen LogP contribution in [0, 0.1) is 6.92 Å². The first-order valence-corrected chi connectivity index (χ1v) is 7.65. The molecular formula is C17H23N3. The number of aromatic nitrogens is 2. The van der Waals surface area contributed by atoms with Gasteiger partial charge in [-0.3, -0.25) is 0 Å². The van der Waals surface area contributed by atoms with E-state index in [1.165, 1.54) is 36.8 Å². The van der Waals surface area contributed by atoms with Crippen molar-refractivity contribution >= 4 is 5.95 Å². The van der Waals surface area contributed by atoms with Crippen LogP contribution in [0.5, 0.6) is 0 Å². The van der Waals surface area contributed by atoms with Crippen LogP contribution in [0.3, 0.4) is 0 Å². The quantitative estimate of drug-likeness (QED) is 0.895. The highest BCUT2D eigenvalue weighted by atomic mass is 15.2. The molecule has 20 heavy (non-hydrogen) atoms. The fourth-order valence-electron chi connectivity index (χ4n) is 3.01. The molecule has 1 heterocycles. The van der Waals surface area contributed by atoms with Gasteiger partial charge in [0.15, 0.2) is 0 Å². The van der Waals surface area contributed by atoms with Crippen molar-refractivity contribution in [1.82, 2.24) is 9.55 Å². The first kappa shape index (κ1) is 13.2. The second-order valence-electron chi connectivity index (χ2n) is 5.75. The molecule has 3 rings (SSSR count). The predicted molar refractivity (Wildman–Crippen MR) is 83.0 cm³/mol. The molecule has 0 aliphatic heterocycles. The van der Waals surface area contributed by atoms with Gasteiger partial charge in [-0.2, -0.15) is 0 Å². The zero-order valence-corrected chi connectivity index (χ0v) is 12.2. The monoisotopic (exact) mass is 269 g/mol. The van der Waals surface area contributed by atoms with Gasteiger partial charge in [-0.25, -0.2) is 4.98 Å². The molecule has 0 saturated heterocycles. The first-order valence-electron chi connectivity index (χ1n) is 7.65. The van der Waals surface area contributed by atoms with Crippen LogP contribution in [0.25, 0.3) is 0 Å². The van der Waals surface area contributed by atoms with Gasteiger partial charge in [-0.15, -0.1) is 0 Å². The molecule has 0 radical (unpaired) electrons. The summed E-state index contributed by atoms with van der Waals surface area (Å²) in [6, 6.07) is 9.24. The Bertz CT molecular complexity index is 553. The second kappa shape index (κ2) is 6.12. The molecule has 1 aliphatic carbocycles. The molecule has 1 aromatic carbocycles. The molecule has 0 bridgehead atoms. The summed E-state index contributed by atoms with van der Waals surface area (Å²) in [5, 5.41) is 3.59. The molecule has 3 nitrogen and oxygen atoms in total. The third kappa shape index (κ3) is 3.03. The van der Waals surface area contributed by atoms with E-state index < -0.39 is 0 Å². The Morgan fingerprint density at radius 3 is 2.85 bits per heavy atom. The molecule has 1 N–H and O–H groups in total. The van der Waals surface area contributed by atoms with Crippen molar-refractivity contribution in [2.75, 3.05) is 5.32 Å². The maximum Gasteiger partial charge on any atom is 0.202 e.